The molecule has 0 spiro atoms. The van der Waals surface area contributed by atoms with E-state index in [-0.39, 0.29) is 0 Å². The monoisotopic (exact) mass is 138 g/mol. The normalized spacial score (nSPS) is 10.0. The Morgan fingerprint density at radius 3 is 2.10 bits per heavy atom. The predicted molar refractivity (Wildman–Crippen MR) is 48.0 cm³/mol. The van der Waals surface area contributed by atoms with Crippen molar-refractivity contribution >= 4 is 0 Å². The molecule has 0 bridgehead atoms. The van der Waals surface area contributed by atoms with Crippen LogP contribution in [0.1, 0.15) is 33.6 Å². The van der Waals surface area contributed by atoms with Gasteiger partial charge in [-0.1, -0.05) is 51.5 Å². The van der Waals surface area contributed by atoms with E-state index in [1.807, 2.05) is 0 Å². The van der Waals surface area contributed by atoms with Gasteiger partial charge in [-0.15, -0.1) is 0 Å². The summed E-state index contributed by atoms with van der Waals surface area (Å²) in [5.74, 6) is 0.555. The van der Waals surface area contributed by atoms with Crippen molar-refractivity contribution in [2.45, 2.75) is 33.6 Å². The molecule has 0 saturated carbocycles. The van der Waals surface area contributed by atoms with Gasteiger partial charge in [0.25, 0.3) is 0 Å². The highest BCUT2D eigenvalue weighted by Crippen LogP contribution is 2.19. The van der Waals surface area contributed by atoms with Gasteiger partial charge in [0.2, 0.25) is 0 Å². The van der Waals surface area contributed by atoms with E-state index in [2.05, 4.69) is 33.9 Å². The third-order valence-corrected chi connectivity index (χ3v) is 1.70. The third kappa shape index (κ3) is 2.86. The largest absolute Gasteiger partial charge is 0.0956 e. The molecule has 0 aliphatic rings. The molecule has 0 amide bonds. The van der Waals surface area contributed by atoms with Gasteiger partial charge in [0, 0.05) is 0 Å². The molecule has 0 aliphatic heterocycles. The summed E-state index contributed by atoms with van der Waals surface area (Å²) in [6.07, 6.45) is 2.27. The van der Waals surface area contributed by atoms with Crippen molar-refractivity contribution in [3.63, 3.8) is 0 Å². The molecule has 0 saturated heterocycles. The Bertz CT molecular complexity index is 129. The van der Waals surface area contributed by atoms with Gasteiger partial charge < -0.3 is 0 Å². The second-order valence-electron chi connectivity index (χ2n) is 3.03. The summed E-state index contributed by atoms with van der Waals surface area (Å²) in [6, 6.07) is 0. The average molecular weight is 138 g/mol. The van der Waals surface area contributed by atoms with Gasteiger partial charge in [0.1, 0.15) is 0 Å². The zero-order valence-corrected chi connectivity index (χ0v) is 7.41. The minimum absolute atomic E-state index is 0.555. The fourth-order valence-electron chi connectivity index (χ4n) is 0.871. The lowest BCUT2D eigenvalue weighted by Gasteiger charge is -2.10. The lowest BCUT2D eigenvalue weighted by molar-refractivity contribution is 0.758. The molecule has 0 aromatic carbocycles. The molecule has 0 unspecified atom stereocenters. The molecule has 0 atom stereocenters. The van der Waals surface area contributed by atoms with E-state index in [0.717, 1.165) is 6.42 Å². The van der Waals surface area contributed by atoms with E-state index < -0.39 is 0 Å². The molecule has 10 heavy (non-hydrogen) atoms. The topological polar surface area (TPSA) is 0 Å². The van der Waals surface area contributed by atoms with Crippen LogP contribution in [-0.2, 0) is 0 Å². The summed E-state index contributed by atoms with van der Waals surface area (Å²) in [4.78, 5) is 0. The summed E-state index contributed by atoms with van der Waals surface area (Å²) >= 11 is 0. The van der Waals surface area contributed by atoms with Crippen LogP contribution in [0.2, 0.25) is 0 Å². The van der Waals surface area contributed by atoms with Gasteiger partial charge in [-0.3, -0.25) is 0 Å². The third-order valence-electron chi connectivity index (χ3n) is 1.70. The molecule has 0 nitrogen and oxygen atoms in total. The quantitative estimate of drug-likeness (QED) is 0.521. The first-order valence-corrected chi connectivity index (χ1v) is 3.96. The van der Waals surface area contributed by atoms with Gasteiger partial charge in [-0.25, -0.2) is 0 Å². The molecule has 0 aliphatic carbocycles. The molecule has 0 radical (unpaired) electrons. The predicted octanol–water partition coefficient (Wildman–Crippen LogP) is 3.55. The van der Waals surface area contributed by atoms with Crippen molar-refractivity contribution in [2.24, 2.45) is 5.92 Å². The summed E-state index contributed by atoms with van der Waals surface area (Å²) in [5.41, 5.74) is 2.43. The first-order chi connectivity index (χ1) is 4.59. The van der Waals surface area contributed by atoms with Crippen LogP contribution in [0.4, 0.5) is 0 Å². The van der Waals surface area contributed by atoms with Crippen LogP contribution in [0.25, 0.3) is 0 Å². The van der Waals surface area contributed by atoms with E-state index in [1.165, 1.54) is 17.6 Å². The van der Waals surface area contributed by atoms with Gasteiger partial charge in [-0.05, 0) is 12.3 Å². The Labute approximate surface area is 64.6 Å². The number of hydrogen-bond acceptors (Lipinski definition) is 0. The zero-order chi connectivity index (χ0) is 8.15. The summed E-state index contributed by atoms with van der Waals surface area (Å²) in [7, 11) is 0. The van der Waals surface area contributed by atoms with Gasteiger partial charge >= 0.3 is 0 Å². The highest BCUT2D eigenvalue weighted by molar-refractivity contribution is 5.26. The molecule has 0 aromatic rings. The Kier molecular flexibility index (Phi) is 4.10. The van der Waals surface area contributed by atoms with Crippen LogP contribution in [-0.4, -0.2) is 0 Å². The van der Waals surface area contributed by atoms with Crippen LogP contribution >= 0.6 is 0 Å². The van der Waals surface area contributed by atoms with E-state index in [1.54, 1.807) is 0 Å². The molecule has 0 heteroatoms. The van der Waals surface area contributed by atoms with Gasteiger partial charge in [-0.2, -0.15) is 0 Å². The maximum atomic E-state index is 3.97. The minimum atomic E-state index is 0.555. The van der Waals surface area contributed by atoms with Crippen molar-refractivity contribution in [1.29, 1.82) is 0 Å². The molecule has 0 N–H and O–H groups in total. The fraction of sp³-hybridized carbons (Fsp3) is 0.600. The highest BCUT2D eigenvalue weighted by atomic mass is 14.1. The van der Waals surface area contributed by atoms with Gasteiger partial charge in [0.15, 0.2) is 0 Å². The van der Waals surface area contributed by atoms with Crippen LogP contribution in [0, 0.1) is 5.92 Å². The molecule has 58 valence electrons. The first kappa shape index (κ1) is 9.48. The van der Waals surface area contributed by atoms with E-state index >= 15 is 0 Å². The molecule has 0 rings (SSSR count). The zero-order valence-electron chi connectivity index (χ0n) is 7.41. The second-order valence-corrected chi connectivity index (χ2v) is 3.03. The Balaban J connectivity index is 3.83. The number of rotatable bonds is 4. The van der Waals surface area contributed by atoms with Crippen molar-refractivity contribution in [1.82, 2.24) is 0 Å². The second kappa shape index (κ2) is 4.32. The lowest BCUT2D eigenvalue weighted by atomic mass is 9.95. The maximum Gasteiger partial charge on any atom is -0.0222 e. The van der Waals surface area contributed by atoms with Crippen molar-refractivity contribution in [3.05, 3.63) is 24.3 Å². The lowest BCUT2D eigenvalue weighted by Crippen LogP contribution is -1.94. The Morgan fingerprint density at radius 1 is 1.30 bits per heavy atom. The first-order valence-electron chi connectivity index (χ1n) is 3.96. The van der Waals surface area contributed by atoms with E-state index in [9.17, 15) is 0 Å². The Hall–Kier alpha value is -0.520. The van der Waals surface area contributed by atoms with Crippen molar-refractivity contribution in [3.8, 4) is 0 Å². The van der Waals surface area contributed by atoms with Crippen molar-refractivity contribution in [2.75, 3.05) is 0 Å². The average Bonchev–Trinajstić information content (AvgIpc) is 1.87. The van der Waals surface area contributed by atoms with E-state index in [0.29, 0.717) is 5.92 Å². The molecular weight excluding hydrogens is 120 g/mol. The number of hydrogen-bond donors (Lipinski definition) is 0. The van der Waals surface area contributed by atoms with Crippen LogP contribution in [0.3, 0.4) is 0 Å². The molecule has 0 aromatic heterocycles. The smallest absolute Gasteiger partial charge is 0.0222 e. The minimum Gasteiger partial charge on any atom is -0.0956 e. The molecule has 0 heterocycles. The Morgan fingerprint density at radius 2 is 1.80 bits per heavy atom. The van der Waals surface area contributed by atoms with Crippen LogP contribution < -0.4 is 0 Å². The van der Waals surface area contributed by atoms with Crippen LogP contribution in [0.15, 0.2) is 24.3 Å². The number of allylic oxidation sites excluding steroid dienone is 2. The summed E-state index contributed by atoms with van der Waals surface area (Å²) in [6.45, 7) is 14.4. The highest BCUT2D eigenvalue weighted by Gasteiger charge is 2.02. The SMILES string of the molecule is C=C(CCC)C(=C)C(C)C. The summed E-state index contributed by atoms with van der Waals surface area (Å²) < 4.78 is 0. The molecular formula is C10H18. The van der Waals surface area contributed by atoms with Crippen molar-refractivity contribution < 1.29 is 0 Å². The van der Waals surface area contributed by atoms with E-state index in [4.69, 9.17) is 0 Å². The molecule has 0 fully saturated rings. The standard InChI is InChI=1S/C10H18/c1-6-7-9(4)10(5)8(2)3/h8H,4-7H2,1-3H3. The fourth-order valence-corrected chi connectivity index (χ4v) is 0.871. The summed E-state index contributed by atoms with van der Waals surface area (Å²) in [5, 5.41) is 0. The van der Waals surface area contributed by atoms with Crippen LogP contribution in [0.5, 0.6) is 0 Å². The van der Waals surface area contributed by atoms with Gasteiger partial charge in [0.05, 0.1) is 0 Å². The maximum absolute atomic E-state index is 3.97.